The average molecular weight is 306 g/mol. The molecule has 1 atom stereocenters. The molecular weight excluding hydrogens is 290 g/mol. The molecular formula is C16H16F2N2S. The summed E-state index contributed by atoms with van der Waals surface area (Å²) in [6.45, 7) is 3.99. The lowest BCUT2D eigenvalue weighted by molar-refractivity contribution is 0.586. The van der Waals surface area contributed by atoms with Crippen molar-refractivity contribution in [2.24, 2.45) is 0 Å². The maximum absolute atomic E-state index is 13.5. The molecule has 2 nitrogen and oxygen atoms in total. The van der Waals surface area contributed by atoms with Crippen molar-refractivity contribution in [1.29, 1.82) is 0 Å². The second kappa shape index (κ2) is 6.63. The normalized spacial score (nSPS) is 11.8. The van der Waals surface area contributed by atoms with E-state index in [9.17, 15) is 8.78 Å². The topological polar surface area (TPSA) is 24.1 Å². The molecule has 0 aromatic heterocycles. The van der Waals surface area contributed by atoms with Gasteiger partial charge in [-0.15, -0.1) is 0 Å². The Morgan fingerprint density at radius 3 is 2.52 bits per heavy atom. The summed E-state index contributed by atoms with van der Waals surface area (Å²) in [6.07, 6.45) is 0. The van der Waals surface area contributed by atoms with Gasteiger partial charge in [-0.1, -0.05) is 24.3 Å². The van der Waals surface area contributed by atoms with Crippen LogP contribution in [0.4, 0.5) is 14.5 Å². The second-order valence-electron chi connectivity index (χ2n) is 4.80. The molecule has 21 heavy (non-hydrogen) atoms. The number of aryl methyl sites for hydroxylation is 1. The number of hydrogen-bond donors (Lipinski definition) is 2. The van der Waals surface area contributed by atoms with Crippen molar-refractivity contribution in [3.63, 3.8) is 0 Å². The molecule has 0 aliphatic rings. The van der Waals surface area contributed by atoms with Crippen LogP contribution in [0.3, 0.4) is 0 Å². The molecule has 0 bridgehead atoms. The van der Waals surface area contributed by atoms with Crippen LogP contribution in [0.15, 0.2) is 42.5 Å². The van der Waals surface area contributed by atoms with Gasteiger partial charge in [-0.2, -0.15) is 0 Å². The van der Waals surface area contributed by atoms with Gasteiger partial charge in [-0.3, -0.25) is 0 Å². The summed E-state index contributed by atoms with van der Waals surface area (Å²) >= 11 is 5.17. The molecule has 0 aliphatic heterocycles. The summed E-state index contributed by atoms with van der Waals surface area (Å²) in [6, 6.07) is 11.2. The average Bonchev–Trinajstić information content (AvgIpc) is 2.42. The highest BCUT2D eigenvalue weighted by molar-refractivity contribution is 7.80. The molecule has 110 valence electrons. The fourth-order valence-electron chi connectivity index (χ4n) is 2.10. The van der Waals surface area contributed by atoms with Gasteiger partial charge in [0.2, 0.25) is 0 Å². The predicted molar refractivity (Wildman–Crippen MR) is 85.3 cm³/mol. The third kappa shape index (κ3) is 3.98. The highest BCUT2D eigenvalue weighted by Gasteiger charge is 2.10. The maximum atomic E-state index is 13.5. The molecule has 0 saturated carbocycles. The van der Waals surface area contributed by atoms with Gasteiger partial charge < -0.3 is 10.6 Å². The highest BCUT2D eigenvalue weighted by atomic mass is 32.1. The number of benzene rings is 2. The van der Waals surface area contributed by atoms with Gasteiger partial charge in [0, 0.05) is 6.07 Å². The van der Waals surface area contributed by atoms with Crippen LogP contribution in [0.25, 0.3) is 0 Å². The first-order valence-electron chi connectivity index (χ1n) is 6.55. The highest BCUT2D eigenvalue weighted by Crippen LogP contribution is 2.18. The number of rotatable bonds is 3. The second-order valence-corrected chi connectivity index (χ2v) is 5.21. The smallest absolute Gasteiger partial charge is 0.171 e. The molecule has 0 spiro atoms. The van der Waals surface area contributed by atoms with E-state index in [2.05, 4.69) is 10.6 Å². The maximum Gasteiger partial charge on any atom is 0.171 e. The molecule has 0 aliphatic carbocycles. The molecule has 2 N–H and O–H groups in total. The molecule has 2 aromatic carbocycles. The summed E-state index contributed by atoms with van der Waals surface area (Å²) < 4.78 is 26.4. The van der Waals surface area contributed by atoms with Crippen molar-refractivity contribution in [1.82, 2.24) is 5.32 Å². The fourth-order valence-corrected chi connectivity index (χ4v) is 2.38. The summed E-state index contributed by atoms with van der Waals surface area (Å²) in [5.74, 6) is -1.30. The third-order valence-corrected chi connectivity index (χ3v) is 3.40. The van der Waals surface area contributed by atoms with E-state index in [4.69, 9.17) is 12.2 Å². The van der Waals surface area contributed by atoms with E-state index in [1.165, 1.54) is 12.1 Å². The Kier molecular flexibility index (Phi) is 4.85. The number of anilines is 1. The molecule has 2 rings (SSSR count). The summed E-state index contributed by atoms with van der Waals surface area (Å²) in [4.78, 5) is 0. The van der Waals surface area contributed by atoms with Gasteiger partial charge >= 0.3 is 0 Å². The van der Waals surface area contributed by atoms with Gasteiger partial charge in [0.1, 0.15) is 11.6 Å². The van der Waals surface area contributed by atoms with Crippen molar-refractivity contribution in [2.45, 2.75) is 19.9 Å². The first-order valence-corrected chi connectivity index (χ1v) is 6.96. The standard InChI is InChI=1S/C16H16F2N2S/c1-10-5-3-4-6-13(10)11(2)19-16(21)20-15-8-7-12(17)9-14(15)18/h3-9,11H,1-2H3,(H2,19,20,21)/t11-/m0/s1. The van der Waals surface area contributed by atoms with Crippen molar-refractivity contribution < 1.29 is 8.78 Å². The lowest BCUT2D eigenvalue weighted by Crippen LogP contribution is -2.31. The van der Waals surface area contributed by atoms with E-state index in [0.717, 1.165) is 17.2 Å². The summed E-state index contributed by atoms with van der Waals surface area (Å²) in [7, 11) is 0. The Labute approximate surface area is 128 Å². The quantitative estimate of drug-likeness (QED) is 0.826. The van der Waals surface area contributed by atoms with E-state index in [0.29, 0.717) is 0 Å². The molecule has 0 unspecified atom stereocenters. The molecule has 0 amide bonds. The largest absolute Gasteiger partial charge is 0.356 e. The van der Waals surface area contributed by atoms with Crippen LogP contribution in [-0.4, -0.2) is 5.11 Å². The Morgan fingerprint density at radius 1 is 1.14 bits per heavy atom. The zero-order valence-electron chi connectivity index (χ0n) is 11.8. The van der Waals surface area contributed by atoms with Crippen molar-refractivity contribution in [3.05, 3.63) is 65.2 Å². The Morgan fingerprint density at radius 2 is 1.86 bits per heavy atom. The van der Waals surface area contributed by atoms with Crippen LogP contribution in [0.1, 0.15) is 24.1 Å². The minimum atomic E-state index is -0.678. The van der Waals surface area contributed by atoms with E-state index in [1.807, 2.05) is 38.1 Å². The molecule has 0 saturated heterocycles. The fraction of sp³-hybridized carbons (Fsp3) is 0.188. The first-order chi connectivity index (χ1) is 9.97. The first kappa shape index (κ1) is 15.4. The van der Waals surface area contributed by atoms with Crippen LogP contribution in [-0.2, 0) is 0 Å². The van der Waals surface area contributed by atoms with Crippen molar-refractivity contribution in [3.8, 4) is 0 Å². The SMILES string of the molecule is Cc1ccccc1[C@H](C)NC(=S)Nc1ccc(F)cc1F. The van der Waals surface area contributed by atoms with Crippen molar-refractivity contribution in [2.75, 3.05) is 5.32 Å². The van der Waals surface area contributed by atoms with Crippen LogP contribution < -0.4 is 10.6 Å². The van der Waals surface area contributed by atoms with Crippen LogP contribution in [0, 0.1) is 18.6 Å². The zero-order valence-corrected chi connectivity index (χ0v) is 12.6. The van der Waals surface area contributed by atoms with Crippen LogP contribution in [0.5, 0.6) is 0 Å². The van der Waals surface area contributed by atoms with E-state index >= 15 is 0 Å². The molecule has 0 fully saturated rings. The Bertz CT molecular complexity index is 658. The minimum Gasteiger partial charge on any atom is -0.356 e. The Hall–Kier alpha value is -2.01. The Balaban J connectivity index is 2.03. The molecule has 0 heterocycles. The van der Waals surface area contributed by atoms with E-state index < -0.39 is 11.6 Å². The molecule has 0 radical (unpaired) electrons. The van der Waals surface area contributed by atoms with E-state index in [-0.39, 0.29) is 16.8 Å². The van der Waals surface area contributed by atoms with Gasteiger partial charge in [-0.25, -0.2) is 8.78 Å². The van der Waals surface area contributed by atoms with E-state index in [1.54, 1.807) is 0 Å². The van der Waals surface area contributed by atoms with Crippen molar-refractivity contribution >= 4 is 23.0 Å². The molecule has 5 heteroatoms. The lowest BCUT2D eigenvalue weighted by atomic mass is 10.0. The monoisotopic (exact) mass is 306 g/mol. The zero-order chi connectivity index (χ0) is 15.4. The number of thiocarbonyl (C=S) groups is 1. The van der Waals surface area contributed by atoms with Gasteiger partial charge in [0.05, 0.1) is 11.7 Å². The van der Waals surface area contributed by atoms with Crippen LogP contribution in [0.2, 0.25) is 0 Å². The number of nitrogens with one attached hydrogen (secondary N) is 2. The van der Waals surface area contributed by atoms with Crippen LogP contribution >= 0.6 is 12.2 Å². The summed E-state index contributed by atoms with van der Waals surface area (Å²) in [5, 5.41) is 6.11. The van der Waals surface area contributed by atoms with Gasteiger partial charge in [-0.05, 0) is 49.3 Å². The predicted octanol–water partition coefficient (Wildman–Crippen LogP) is 4.32. The number of halogens is 2. The lowest BCUT2D eigenvalue weighted by Gasteiger charge is -2.19. The van der Waals surface area contributed by atoms with Gasteiger partial charge in [0.15, 0.2) is 5.11 Å². The summed E-state index contributed by atoms with van der Waals surface area (Å²) in [5.41, 5.74) is 2.40. The minimum absolute atomic E-state index is 0.0188. The van der Waals surface area contributed by atoms with Gasteiger partial charge in [0.25, 0.3) is 0 Å². The number of hydrogen-bond acceptors (Lipinski definition) is 1. The molecule has 2 aromatic rings. The third-order valence-electron chi connectivity index (χ3n) is 3.18.